The molecule has 2 aromatic carbocycles. The molecule has 9 N–H and O–H groups in total. The van der Waals surface area contributed by atoms with Crippen molar-refractivity contribution in [2.24, 2.45) is 17.4 Å². The normalized spacial score (nSPS) is 13.1. The van der Waals surface area contributed by atoms with Crippen LogP contribution in [0.4, 0.5) is 0 Å². The monoisotopic (exact) mass is 672 g/mol. The Morgan fingerprint density at radius 1 is 0.766 bits per heavy atom. The lowest BCUT2D eigenvalue weighted by Crippen LogP contribution is -2.56. The van der Waals surface area contributed by atoms with Crippen LogP contribution in [-0.4, -0.2) is 83.3 Å². The summed E-state index contributed by atoms with van der Waals surface area (Å²) in [6.45, 7) is 4.45. The first-order chi connectivity index (χ1) is 22.2. The van der Waals surface area contributed by atoms with Crippen molar-refractivity contribution in [1.82, 2.24) is 21.3 Å². The molecule has 0 aromatic heterocycles. The predicted molar refractivity (Wildman–Crippen MR) is 182 cm³/mol. The average Bonchev–Trinajstić information content (AvgIpc) is 3.01. The Kier molecular flexibility index (Phi) is 19.1. The Labute approximate surface area is 280 Å². The third-order valence-corrected chi connectivity index (χ3v) is 7.25. The van der Waals surface area contributed by atoms with Crippen molar-refractivity contribution in [2.75, 3.05) is 18.6 Å². The highest BCUT2D eigenvalue weighted by Crippen LogP contribution is 2.08. The molecule has 4 atom stereocenters. The highest BCUT2D eigenvalue weighted by molar-refractivity contribution is 7.98. The molecule has 0 aliphatic carbocycles. The number of aliphatic carboxylic acids is 1. The Hall–Kier alpha value is -4.43. The minimum Gasteiger partial charge on any atom is -0.481 e. The average molecular weight is 673 g/mol. The van der Waals surface area contributed by atoms with E-state index in [1.807, 2.05) is 80.8 Å². The lowest BCUT2D eigenvalue weighted by atomic mass is 10.0. The third kappa shape index (κ3) is 17.7. The zero-order valence-corrected chi connectivity index (χ0v) is 28.2. The van der Waals surface area contributed by atoms with E-state index >= 15 is 0 Å². The Bertz CT molecular complexity index is 1290. The molecule has 47 heavy (non-hydrogen) atoms. The molecular formula is C33H48N6O7S. The van der Waals surface area contributed by atoms with Gasteiger partial charge in [-0.25, -0.2) is 0 Å². The fraction of sp³-hybridized carbons (Fsp3) is 0.455. The number of primary amides is 1. The van der Waals surface area contributed by atoms with Crippen LogP contribution >= 0.6 is 11.8 Å². The summed E-state index contributed by atoms with van der Waals surface area (Å²) < 4.78 is 0. The van der Waals surface area contributed by atoms with E-state index in [1.54, 1.807) is 0 Å². The van der Waals surface area contributed by atoms with Crippen LogP contribution in [-0.2, 0) is 41.6 Å². The first-order valence-corrected chi connectivity index (χ1v) is 16.6. The summed E-state index contributed by atoms with van der Waals surface area (Å²) in [5.41, 5.74) is 13.3. The summed E-state index contributed by atoms with van der Waals surface area (Å²) in [7, 11) is 0. The van der Waals surface area contributed by atoms with Gasteiger partial charge in [0.05, 0.1) is 12.6 Å². The first kappa shape index (κ1) is 40.6. The van der Waals surface area contributed by atoms with Crippen molar-refractivity contribution in [3.05, 3.63) is 71.8 Å². The number of benzene rings is 2. The van der Waals surface area contributed by atoms with Gasteiger partial charge in [0.1, 0.15) is 18.1 Å². The quantitative estimate of drug-likeness (QED) is 0.118. The van der Waals surface area contributed by atoms with Gasteiger partial charge in [0.2, 0.25) is 29.5 Å². The summed E-state index contributed by atoms with van der Waals surface area (Å²) in [4.78, 5) is 72.8. The molecule has 0 spiro atoms. The van der Waals surface area contributed by atoms with Crippen molar-refractivity contribution in [2.45, 2.75) is 70.6 Å². The van der Waals surface area contributed by atoms with E-state index in [4.69, 9.17) is 21.4 Å². The number of hydrogen-bond donors (Lipinski definition) is 7. The van der Waals surface area contributed by atoms with E-state index in [-0.39, 0.29) is 12.3 Å². The molecule has 258 valence electrons. The maximum atomic E-state index is 13.2. The molecule has 2 aromatic rings. The molecular weight excluding hydrogens is 624 g/mol. The molecule has 0 bridgehead atoms. The zero-order valence-electron chi connectivity index (χ0n) is 27.4. The van der Waals surface area contributed by atoms with E-state index in [2.05, 4.69) is 21.3 Å². The Morgan fingerprint density at radius 2 is 1.28 bits per heavy atom. The number of carboxylic acids is 1. The minimum absolute atomic E-state index is 0.0504. The second-order valence-corrected chi connectivity index (χ2v) is 12.3. The lowest BCUT2D eigenvalue weighted by molar-refractivity contribution is -0.134. The summed E-state index contributed by atoms with van der Waals surface area (Å²) in [5, 5.41) is 18.0. The van der Waals surface area contributed by atoms with Crippen molar-refractivity contribution in [1.29, 1.82) is 0 Å². The Balaban J connectivity index is 0.00000260. The van der Waals surface area contributed by atoms with Gasteiger partial charge in [0, 0.05) is 13.3 Å². The van der Waals surface area contributed by atoms with Gasteiger partial charge < -0.3 is 37.8 Å². The fourth-order valence-electron chi connectivity index (χ4n) is 4.33. The largest absolute Gasteiger partial charge is 0.481 e. The van der Waals surface area contributed by atoms with Gasteiger partial charge in [-0.1, -0.05) is 74.5 Å². The van der Waals surface area contributed by atoms with Crippen LogP contribution in [0.25, 0.3) is 0 Å². The molecule has 13 nitrogen and oxygen atoms in total. The van der Waals surface area contributed by atoms with Gasteiger partial charge in [0.15, 0.2) is 0 Å². The molecule has 0 saturated carbocycles. The first-order valence-electron chi connectivity index (χ1n) is 15.2. The molecule has 0 unspecified atom stereocenters. The van der Waals surface area contributed by atoms with Crippen molar-refractivity contribution in [3.63, 3.8) is 0 Å². The number of amides is 5. The number of thioether (sulfide) groups is 1. The summed E-state index contributed by atoms with van der Waals surface area (Å²) in [5.74, 6) is -3.01. The van der Waals surface area contributed by atoms with E-state index in [1.165, 1.54) is 11.8 Å². The summed E-state index contributed by atoms with van der Waals surface area (Å²) in [6, 6.07) is 14.8. The third-order valence-electron chi connectivity index (χ3n) is 6.60. The van der Waals surface area contributed by atoms with E-state index in [0.717, 1.165) is 18.1 Å². The van der Waals surface area contributed by atoms with Crippen LogP contribution < -0.4 is 32.7 Å². The predicted octanol–water partition coefficient (Wildman–Crippen LogP) is 0.745. The lowest BCUT2D eigenvalue weighted by Gasteiger charge is -2.24. The molecule has 0 aliphatic rings. The van der Waals surface area contributed by atoms with Crippen LogP contribution in [0.1, 0.15) is 44.7 Å². The molecule has 0 fully saturated rings. The number of carboxylic acid groups (broad SMARTS) is 1. The number of carbonyl (C=O) groups is 6. The fourth-order valence-corrected chi connectivity index (χ4v) is 4.80. The topological polar surface area (TPSA) is 223 Å². The maximum Gasteiger partial charge on any atom is 0.300 e. The second kappa shape index (κ2) is 22.2. The van der Waals surface area contributed by atoms with Crippen LogP contribution in [0.15, 0.2) is 60.7 Å². The number of nitrogens with two attached hydrogens (primary N) is 2. The van der Waals surface area contributed by atoms with Gasteiger partial charge in [-0.2, -0.15) is 11.8 Å². The van der Waals surface area contributed by atoms with E-state index in [0.29, 0.717) is 25.0 Å². The molecule has 0 saturated heterocycles. The van der Waals surface area contributed by atoms with Gasteiger partial charge in [-0.3, -0.25) is 28.8 Å². The zero-order chi connectivity index (χ0) is 35.4. The molecule has 0 radical (unpaired) electrons. The number of carbonyl (C=O) groups excluding carboxylic acids is 5. The highest BCUT2D eigenvalue weighted by atomic mass is 32.2. The van der Waals surface area contributed by atoms with E-state index in [9.17, 15) is 24.0 Å². The van der Waals surface area contributed by atoms with Gasteiger partial charge in [-0.15, -0.1) is 0 Å². The van der Waals surface area contributed by atoms with E-state index < -0.39 is 66.2 Å². The highest BCUT2D eigenvalue weighted by Gasteiger charge is 2.28. The SMILES string of the molecule is CC(=O)O.CSCC[C@H](NC(=O)[C@H](CC(C)C)NC(=O)CNC(=O)[C@H](Cc1ccccc1)NC(=O)[C@@H](N)Cc1ccccc1)C(N)=O. The van der Waals surface area contributed by atoms with Crippen molar-refractivity contribution >= 4 is 47.3 Å². The van der Waals surface area contributed by atoms with Gasteiger partial charge >= 0.3 is 0 Å². The van der Waals surface area contributed by atoms with Crippen molar-refractivity contribution < 1.29 is 33.9 Å². The standard InChI is InChI=1S/C31H44N6O5S.C2H4O2/c1-20(2)16-25(31(42)36-24(28(33)39)14-15-43-3)35-27(38)19-34-30(41)26(18-22-12-8-5-9-13-22)37-29(40)23(32)17-21-10-6-4-7-11-21;1-2(3)4/h4-13,20,23-26H,14-19,32H2,1-3H3,(H2,33,39)(H,34,41)(H,35,38)(H,36,42)(H,37,40);1H3,(H,3,4)/t23-,24-,25-,26-;/m0./s1. The maximum absolute atomic E-state index is 13.2. The second-order valence-electron chi connectivity index (χ2n) is 11.3. The van der Waals surface area contributed by atoms with Crippen LogP contribution in [0, 0.1) is 5.92 Å². The Morgan fingerprint density at radius 3 is 1.77 bits per heavy atom. The van der Waals surface area contributed by atoms with Crippen LogP contribution in [0.3, 0.4) is 0 Å². The number of nitrogens with one attached hydrogen (secondary N) is 4. The van der Waals surface area contributed by atoms with Crippen LogP contribution in [0.5, 0.6) is 0 Å². The smallest absolute Gasteiger partial charge is 0.300 e. The van der Waals surface area contributed by atoms with Gasteiger partial charge in [-0.05, 0) is 48.3 Å². The molecule has 5 amide bonds. The summed E-state index contributed by atoms with van der Waals surface area (Å²) in [6.07, 6.45) is 3.03. The van der Waals surface area contributed by atoms with Crippen molar-refractivity contribution in [3.8, 4) is 0 Å². The molecule has 0 aliphatic heterocycles. The minimum atomic E-state index is -0.993. The van der Waals surface area contributed by atoms with Gasteiger partial charge in [0.25, 0.3) is 5.97 Å². The number of hydrogen-bond acceptors (Lipinski definition) is 8. The molecule has 14 heteroatoms. The van der Waals surface area contributed by atoms with Crippen LogP contribution in [0.2, 0.25) is 0 Å². The molecule has 0 heterocycles. The summed E-state index contributed by atoms with van der Waals surface area (Å²) >= 11 is 1.52. The molecule has 2 rings (SSSR count). The number of rotatable bonds is 18.